The molecule has 1 saturated carbocycles. The van der Waals surface area contributed by atoms with Gasteiger partial charge in [-0.05, 0) is 133 Å². The van der Waals surface area contributed by atoms with Crippen LogP contribution in [0, 0.1) is 27.2 Å². The van der Waals surface area contributed by atoms with Gasteiger partial charge in [-0.15, -0.1) is 0 Å². The first kappa shape index (κ1) is 34.6. The van der Waals surface area contributed by atoms with Gasteiger partial charge in [-0.2, -0.15) is 0 Å². The Balaban J connectivity index is 1.39. The zero-order chi connectivity index (χ0) is 35.9. The van der Waals surface area contributed by atoms with Crippen LogP contribution in [-0.2, 0) is 24.6 Å². The first-order valence-electron chi connectivity index (χ1n) is 16.3. The maximum atomic E-state index is 15.5. The summed E-state index contributed by atoms with van der Waals surface area (Å²) in [6.45, 7) is 0. The highest BCUT2D eigenvalue weighted by atomic mass is 127. The molecule has 2 heterocycles. The number of rotatable bonds is 5. The number of fused-ring (bicyclic) bond motifs is 4. The average Bonchev–Trinajstić information content (AvgIpc) is 3.52. The first-order valence-corrected chi connectivity index (χ1v) is 19.3. The molecule has 2 aliphatic heterocycles. The van der Waals surface area contributed by atoms with Crippen molar-refractivity contribution in [2.75, 3.05) is 16.9 Å². The van der Waals surface area contributed by atoms with E-state index in [2.05, 4.69) is 54.5 Å². The molecule has 4 aromatic carbocycles. The van der Waals surface area contributed by atoms with E-state index in [4.69, 9.17) is 16.3 Å². The number of carbonyl (C=O) groups is 4. The molecule has 6 atom stereocenters. The molecule has 0 aromatic heterocycles. The number of ether oxygens (including phenoxy) is 1. The van der Waals surface area contributed by atoms with Crippen molar-refractivity contribution in [1.82, 2.24) is 0 Å². The van der Waals surface area contributed by atoms with Crippen LogP contribution in [0.1, 0.15) is 29.9 Å². The van der Waals surface area contributed by atoms with Crippen LogP contribution in [0.5, 0.6) is 11.5 Å². The van der Waals surface area contributed by atoms with Crippen molar-refractivity contribution >= 4 is 101 Å². The van der Waals surface area contributed by atoms with Crippen LogP contribution in [-0.4, -0.2) is 35.8 Å². The van der Waals surface area contributed by atoms with E-state index >= 15 is 4.79 Å². The average molecular weight is 943 g/mol. The van der Waals surface area contributed by atoms with Crippen LogP contribution in [0.2, 0.25) is 5.02 Å². The van der Waals surface area contributed by atoms with Crippen LogP contribution in [0.15, 0.2) is 106 Å². The third kappa shape index (κ3) is 5.01. The van der Waals surface area contributed by atoms with Crippen molar-refractivity contribution in [2.45, 2.75) is 24.2 Å². The monoisotopic (exact) mass is 940 g/mol. The standard InChI is InChI=1S/C39H28Br2ClIN2O6/c1-51-29-18-27(32(40)33(41)34(29)46)31-24-14-15-25-30(37(49)44(35(25)47)22-12-10-21(43)11-13-22)26(24)17-28-36(48)45(23-9-5-8-20(42)16-23)38(50)39(28,31)19-6-3-2-4-7-19/h2-14,16,18,25-26,28,30-31,46H,15,17H2,1H3. The van der Waals surface area contributed by atoms with Gasteiger partial charge in [-0.1, -0.05) is 59.6 Å². The number of phenols is 1. The number of aromatic hydroxyl groups is 1. The van der Waals surface area contributed by atoms with Gasteiger partial charge in [0.1, 0.15) is 0 Å². The molecule has 2 aliphatic carbocycles. The van der Waals surface area contributed by atoms with E-state index in [-0.39, 0.29) is 36.2 Å². The van der Waals surface area contributed by atoms with Gasteiger partial charge in [0.05, 0.1) is 46.1 Å². The predicted molar refractivity (Wildman–Crippen MR) is 208 cm³/mol. The molecule has 4 aromatic rings. The second-order valence-corrected chi connectivity index (χ2v) is 16.5. The quantitative estimate of drug-likeness (QED) is 0.122. The smallest absolute Gasteiger partial charge is 0.246 e. The van der Waals surface area contributed by atoms with Gasteiger partial charge in [0.25, 0.3) is 0 Å². The Morgan fingerprint density at radius 1 is 0.843 bits per heavy atom. The summed E-state index contributed by atoms with van der Waals surface area (Å²) in [5, 5.41) is 11.4. The van der Waals surface area contributed by atoms with E-state index in [0.29, 0.717) is 36.5 Å². The molecule has 2 saturated heterocycles. The van der Waals surface area contributed by atoms with E-state index in [1.807, 2.05) is 48.5 Å². The number of halogens is 4. The van der Waals surface area contributed by atoms with Gasteiger partial charge < -0.3 is 9.84 Å². The zero-order valence-electron chi connectivity index (χ0n) is 26.9. The maximum Gasteiger partial charge on any atom is 0.246 e. The number of anilines is 2. The Kier molecular flexibility index (Phi) is 8.71. The van der Waals surface area contributed by atoms with Gasteiger partial charge >= 0.3 is 0 Å². The van der Waals surface area contributed by atoms with E-state index in [9.17, 15) is 19.5 Å². The fourth-order valence-electron chi connectivity index (χ4n) is 8.91. The molecule has 12 heteroatoms. The Morgan fingerprint density at radius 3 is 2.25 bits per heavy atom. The molecule has 4 aliphatic rings. The number of hydrogen-bond donors (Lipinski definition) is 1. The topological polar surface area (TPSA) is 104 Å². The van der Waals surface area contributed by atoms with Crippen LogP contribution < -0.4 is 14.5 Å². The van der Waals surface area contributed by atoms with Crippen molar-refractivity contribution < 1.29 is 29.0 Å². The van der Waals surface area contributed by atoms with E-state index in [0.717, 1.165) is 9.14 Å². The Hall–Kier alpha value is -3.52. The minimum atomic E-state index is -1.48. The van der Waals surface area contributed by atoms with Crippen LogP contribution in [0.4, 0.5) is 11.4 Å². The molecule has 8 nitrogen and oxygen atoms in total. The molecule has 0 radical (unpaired) electrons. The highest BCUT2D eigenvalue weighted by Gasteiger charge is 2.70. The molecule has 1 N–H and O–H groups in total. The SMILES string of the molecule is COc1cc(C2C3=CCC4C(=O)N(c5ccc(I)cc5)C(=O)C4C3CC3C(=O)N(c4cccc(Cl)c4)C(=O)C32c2ccccc2)c(Br)c(Br)c1O. The Labute approximate surface area is 329 Å². The van der Waals surface area contributed by atoms with Crippen molar-refractivity contribution in [3.05, 3.63) is 125 Å². The van der Waals surface area contributed by atoms with Gasteiger partial charge in [-0.25, -0.2) is 4.90 Å². The van der Waals surface area contributed by atoms with E-state index in [1.54, 1.807) is 42.5 Å². The highest BCUT2D eigenvalue weighted by Crippen LogP contribution is 2.66. The van der Waals surface area contributed by atoms with Crippen molar-refractivity contribution in [3.8, 4) is 11.5 Å². The summed E-state index contributed by atoms with van der Waals surface area (Å²) < 4.78 is 7.37. The number of phenolic OH excluding ortho intramolecular Hbond substituents is 1. The number of allylic oxidation sites excluding steroid dienone is 2. The van der Waals surface area contributed by atoms with Crippen molar-refractivity contribution in [3.63, 3.8) is 0 Å². The number of amides is 4. The molecule has 4 amide bonds. The molecule has 3 fully saturated rings. The molecule has 6 unspecified atom stereocenters. The molecular formula is C39H28Br2ClIN2O6. The largest absolute Gasteiger partial charge is 0.503 e. The van der Waals surface area contributed by atoms with Crippen molar-refractivity contribution in [1.29, 1.82) is 0 Å². The minimum absolute atomic E-state index is 0.136. The van der Waals surface area contributed by atoms with Crippen molar-refractivity contribution in [2.24, 2.45) is 23.7 Å². The predicted octanol–water partition coefficient (Wildman–Crippen LogP) is 8.55. The molecular weight excluding hydrogens is 915 g/mol. The van der Waals surface area contributed by atoms with Gasteiger partial charge in [0, 0.05) is 19.0 Å². The normalized spacial score (nSPS) is 26.9. The lowest BCUT2D eigenvalue weighted by Crippen LogP contribution is -2.53. The number of methoxy groups -OCH3 is 1. The second kappa shape index (κ2) is 12.9. The van der Waals surface area contributed by atoms with E-state index < -0.39 is 46.8 Å². The maximum absolute atomic E-state index is 15.5. The van der Waals surface area contributed by atoms with Gasteiger partial charge in [0.2, 0.25) is 23.6 Å². The second-order valence-electron chi connectivity index (χ2n) is 13.2. The Bertz CT molecular complexity index is 2200. The molecule has 258 valence electrons. The lowest BCUT2D eigenvalue weighted by molar-refractivity contribution is -0.127. The number of imide groups is 2. The summed E-state index contributed by atoms with van der Waals surface area (Å²) in [5.41, 5.74) is 1.37. The zero-order valence-corrected chi connectivity index (χ0v) is 32.9. The molecule has 51 heavy (non-hydrogen) atoms. The summed E-state index contributed by atoms with van der Waals surface area (Å²) in [4.78, 5) is 61.5. The summed E-state index contributed by atoms with van der Waals surface area (Å²) in [6, 6.07) is 24.9. The van der Waals surface area contributed by atoms with E-state index in [1.165, 1.54) is 16.9 Å². The fourth-order valence-corrected chi connectivity index (χ4v) is 10.4. The third-order valence-electron chi connectivity index (χ3n) is 11.0. The van der Waals surface area contributed by atoms with Crippen LogP contribution >= 0.6 is 66.1 Å². The fraction of sp³-hybridized carbons (Fsp3) is 0.231. The summed E-state index contributed by atoms with van der Waals surface area (Å²) in [6.07, 6.45) is 2.44. The number of benzene rings is 4. The molecule has 0 spiro atoms. The minimum Gasteiger partial charge on any atom is -0.503 e. The third-order valence-corrected chi connectivity index (χ3v) is 14.1. The number of hydrogen-bond acceptors (Lipinski definition) is 6. The Morgan fingerprint density at radius 2 is 1.57 bits per heavy atom. The summed E-state index contributed by atoms with van der Waals surface area (Å²) in [7, 11) is 1.44. The van der Waals surface area contributed by atoms with Gasteiger partial charge in [-0.3, -0.25) is 24.1 Å². The van der Waals surface area contributed by atoms with Crippen LogP contribution in [0.25, 0.3) is 0 Å². The highest BCUT2D eigenvalue weighted by molar-refractivity contribution is 14.1. The van der Waals surface area contributed by atoms with Crippen LogP contribution in [0.3, 0.4) is 0 Å². The number of carbonyl (C=O) groups excluding carboxylic acids is 4. The molecule has 8 rings (SSSR count). The first-order chi connectivity index (χ1) is 24.5. The lowest BCUT2D eigenvalue weighted by Gasteiger charge is -2.51. The number of nitrogens with zero attached hydrogens (tertiary/aromatic N) is 2. The van der Waals surface area contributed by atoms with Gasteiger partial charge in [0.15, 0.2) is 11.5 Å². The summed E-state index contributed by atoms with van der Waals surface area (Å²) in [5.74, 6) is -5.09. The molecule has 0 bridgehead atoms. The summed E-state index contributed by atoms with van der Waals surface area (Å²) >= 11 is 15.8. The lowest BCUT2D eigenvalue weighted by atomic mass is 9.49.